The summed E-state index contributed by atoms with van der Waals surface area (Å²) in [5.74, 6) is 0.360. The summed E-state index contributed by atoms with van der Waals surface area (Å²) in [5, 5.41) is 7.00. The summed E-state index contributed by atoms with van der Waals surface area (Å²) < 4.78 is 1.56. The summed E-state index contributed by atoms with van der Waals surface area (Å²) in [6, 6.07) is 11.4. The number of nitrogen functional groups attached to an aromatic ring is 1. The second-order valence-electron chi connectivity index (χ2n) is 4.10. The summed E-state index contributed by atoms with van der Waals surface area (Å²) >= 11 is 7.45. The first-order valence-corrected chi connectivity index (χ1v) is 7.17. The predicted octanol–water partition coefficient (Wildman–Crippen LogP) is 3.73. The van der Waals surface area contributed by atoms with Crippen molar-refractivity contribution in [3.8, 4) is 10.6 Å². The van der Waals surface area contributed by atoms with E-state index in [1.807, 2.05) is 48.0 Å². The van der Waals surface area contributed by atoms with E-state index in [1.54, 1.807) is 22.2 Å². The number of hydrogen-bond acceptors (Lipinski definition) is 4. The molecule has 20 heavy (non-hydrogen) atoms. The lowest BCUT2D eigenvalue weighted by Crippen LogP contribution is -1.96. The molecular formula is C14H11ClN4S. The van der Waals surface area contributed by atoms with Gasteiger partial charge >= 0.3 is 0 Å². The Balaban J connectivity index is 1.86. The molecule has 0 saturated carbocycles. The molecule has 0 saturated heterocycles. The van der Waals surface area contributed by atoms with Gasteiger partial charge in [0.2, 0.25) is 5.95 Å². The van der Waals surface area contributed by atoms with Crippen LogP contribution < -0.4 is 5.73 Å². The highest BCUT2D eigenvalue weighted by Crippen LogP contribution is 2.24. The van der Waals surface area contributed by atoms with Gasteiger partial charge in [0.05, 0.1) is 17.3 Å². The average molecular weight is 303 g/mol. The van der Waals surface area contributed by atoms with Crippen LogP contribution in [0.25, 0.3) is 10.6 Å². The van der Waals surface area contributed by atoms with Gasteiger partial charge < -0.3 is 5.73 Å². The molecule has 0 aliphatic rings. The summed E-state index contributed by atoms with van der Waals surface area (Å²) in [6.07, 6.45) is 3.53. The molecule has 3 rings (SSSR count). The molecule has 0 radical (unpaired) electrons. The fraction of sp³-hybridized carbons (Fsp3) is 0. The topological polar surface area (TPSA) is 56.2 Å². The van der Waals surface area contributed by atoms with Gasteiger partial charge in [-0.25, -0.2) is 9.66 Å². The van der Waals surface area contributed by atoms with Gasteiger partial charge in [-0.1, -0.05) is 29.8 Å². The van der Waals surface area contributed by atoms with Crippen molar-refractivity contribution in [2.45, 2.75) is 0 Å². The van der Waals surface area contributed by atoms with E-state index in [1.165, 1.54) is 0 Å². The Morgan fingerprint density at radius 2 is 2.05 bits per heavy atom. The van der Waals surface area contributed by atoms with E-state index in [2.05, 4.69) is 10.1 Å². The van der Waals surface area contributed by atoms with E-state index in [0.29, 0.717) is 11.0 Å². The highest BCUT2D eigenvalue weighted by molar-refractivity contribution is 7.13. The molecule has 2 heterocycles. The van der Waals surface area contributed by atoms with Crippen molar-refractivity contribution in [1.82, 2.24) is 9.66 Å². The van der Waals surface area contributed by atoms with E-state index in [4.69, 9.17) is 17.3 Å². The molecule has 0 aliphatic carbocycles. The Morgan fingerprint density at radius 1 is 1.25 bits per heavy atom. The van der Waals surface area contributed by atoms with Gasteiger partial charge in [-0.2, -0.15) is 5.10 Å². The number of benzene rings is 1. The lowest BCUT2D eigenvalue weighted by atomic mass is 10.2. The van der Waals surface area contributed by atoms with Gasteiger partial charge in [0.25, 0.3) is 0 Å². The Bertz CT molecular complexity index is 729. The molecule has 4 nitrogen and oxygen atoms in total. The first-order chi connectivity index (χ1) is 9.72. The molecule has 2 N–H and O–H groups in total. The number of nitrogens with zero attached hydrogens (tertiary/aromatic N) is 3. The van der Waals surface area contributed by atoms with Crippen LogP contribution in [-0.4, -0.2) is 15.9 Å². The van der Waals surface area contributed by atoms with Gasteiger partial charge in [0.15, 0.2) is 0 Å². The van der Waals surface area contributed by atoms with Crippen LogP contribution in [0, 0.1) is 0 Å². The van der Waals surface area contributed by atoms with Gasteiger partial charge in [0, 0.05) is 5.02 Å². The lowest BCUT2D eigenvalue weighted by molar-refractivity contribution is 0.898. The molecule has 2 aromatic heterocycles. The SMILES string of the molecule is Nc1nc(-c2cccs2)cn1/N=C\c1ccc(Cl)cc1. The Kier molecular flexibility index (Phi) is 3.54. The molecular weight excluding hydrogens is 292 g/mol. The van der Waals surface area contributed by atoms with E-state index >= 15 is 0 Å². The molecule has 0 spiro atoms. The van der Waals surface area contributed by atoms with Crippen molar-refractivity contribution in [2.24, 2.45) is 5.10 Å². The predicted molar refractivity (Wildman–Crippen MR) is 84.4 cm³/mol. The van der Waals surface area contributed by atoms with Gasteiger partial charge in [0.1, 0.15) is 5.69 Å². The molecule has 0 fully saturated rings. The minimum absolute atomic E-state index is 0.360. The fourth-order valence-electron chi connectivity index (χ4n) is 1.70. The van der Waals surface area contributed by atoms with Crippen molar-refractivity contribution in [2.75, 3.05) is 5.73 Å². The summed E-state index contributed by atoms with van der Waals surface area (Å²) in [5.41, 5.74) is 7.63. The van der Waals surface area contributed by atoms with Crippen LogP contribution in [0.2, 0.25) is 5.02 Å². The molecule has 3 aromatic rings. The van der Waals surface area contributed by atoms with Gasteiger partial charge in [-0.15, -0.1) is 11.3 Å². The third-order valence-corrected chi connectivity index (χ3v) is 3.83. The van der Waals surface area contributed by atoms with Crippen molar-refractivity contribution in [1.29, 1.82) is 0 Å². The zero-order valence-corrected chi connectivity index (χ0v) is 12.0. The summed E-state index contributed by atoms with van der Waals surface area (Å²) in [6.45, 7) is 0. The minimum Gasteiger partial charge on any atom is -0.368 e. The van der Waals surface area contributed by atoms with Crippen molar-refractivity contribution in [3.63, 3.8) is 0 Å². The number of imidazole rings is 1. The number of aromatic nitrogens is 2. The highest BCUT2D eigenvalue weighted by Gasteiger charge is 2.06. The van der Waals surface area contributed by atoms with Crippen molar-refractivity contribution >= 4 is 35.1 Å². The average Bonchev–Trinajstić information content (AvgIpc) is 3.08. The zero-order valence-electron chi connectivity index (χ0n) is 10.4. The zero-order chi connectivity index (χ0) is 13.9. The molecule has 6 heteroatoms. The van der Waals surface area contributed by atoms with Crippen molar-refractivity contribution in [3.05, 3.63) is 58.6 Å². The van der Waals surface area contributed by atoms with Gasteiger partial charge in [-0.3, -0.25) is 0 Å². The smallest absolute Gasteiger partial charge is 0.221 e. The monoisotopic (exact) mass is 302 g/mol. The van der Waals surface area contributed by atoms with Crippen LogP contribution in [-0.2, 0) is 0 Å². The number of nitrogens with two attached hydrogens (primary N) is 1. The van der Waals surface area contributed by atoms with Crippen LogP contribution in [0.15, 0.2) is 53.1 Å². The summed E-state index contributed by atoms with van der Waals surface area (Å²) in [7, 11) is 0. The van der Waals surface area contributed by atoms with Crippen molar-refractivity contribution < 1.29 is 0 Å². The van der Waals surface area contributed by atoms with Crippen LogP contribution in [0.4, 0.5) is 5.95 Å². The second kappa shape index (κ2) is 5.48. The molecule has 0 bridgehead atoms. The number of hydrogen-bond donors (Lipinski definition) is 1. The minimum atomic E-state index is 0.360. The quantitative estimate of drug-likeness (QED) is 0.749. The normalized spacial score (nSPS) is 11.2. The van der Waals surface area contributed by atoms with E-state index in [0.717, 1.165) is 16.1 Å². The number of thiophene rings is 1. The van der Waals surface area contributed by atoms with E-state index < -0.39 is 0 Å². The first kappa shape index (κ1) is 12.9. The maximum absolute atomic E-state index is 5.86. The third-order valence-electron chi connectivity index (χ3n) is 2.69. The van der Waals surface area contributed by atoms with E-state index in [-0.39, 0.29) is 0 Å². The first-order valence-electron chi connectivity index (χ1n) is 5.91. The Hall–Kier alpha value is -2.11. The third kappa shape index (κ3) is 2.74. The lowest BCUT2D eigenvalue weighted by Gasteiger charge is -1.95. The molecule has 0 atom stereocenters. The fourth-order valence-corrected chi connectivity index (χ4v) is 2.50. The van der Waals surface area contributed by atoms with E-state index in [9.17, 15) is 0 Å². The number of rotatable bonds is 3. The molecule has 100 valence electrons. The Labute approximate surface area is 125 Å². The highest BCUT2D eigenvalue weighted by atomic mass is 35.5. The second-order valence-corrected chi connectivity index (χ2v) is 5.49. The van der Waals surface area contributed by atoms with Crippen LogP contribution in [0.5, 0.6) is 0 Å². The molecule has 1 aromatic carbocycles. The largest absolute Gasteiger partial charge is 0.368 e. The maximum atomic E-state index is 5.86. The van der Waals surface area contributed by atoms with Crippen LogP contribution in [0.1, 0.15) is 5.56 Å². The standard InChI is InChI=1S/C14H11ClN4S/c15-11-5-3-10(4-6-11)8-17-19-9-12(18-14(19)16)13-2-1-7-20-13/h1-9H,(H2,16,18)/b17-8-. The Morgan fingerprint density at radius 3 is 2.75 bits per heavy atom. The van der Waals surface area contributed by atoms with Crippen LogP contribution >= 0.6 is 22.9 Å². The molecule has 0 unspecified atom stereocenters. The maximum Gasteiger partial charge on any atom is 0.221 e. The number of anilines is 1. The summed E-state index contributed by atoms with van der Waals surface area (Å²) in [4.78, 5) is 5.36. The number of halogens is 1. The van der Waals surface area contributed by atoms with Crippen LogP contribution in [0.3, 0.4) is 0 Å². The molecule has 0 amide bonds. The van der Waals surface area contributed by atoms with Gasteiger partial charge in [-0.05, 0) is 29.1 Å². The molecule has 0 aliphatic heterocycles.